The summed E-state index contributed by atoms with van der Waals surface area (Å²) in [6.45, 7) is 4.17. The van der Waals surface area contributed by atoms with E-state index < -0.39 is 0 Å². The van der Waals surface area contributed by atoms with E-state index in [1.54, 1.807) is 28.4 Å². The maximum absolute atomic E-state index is 5.71. The highest BCUT2D eigenvalue weighted by Gasteiger charge is 2.39. The molecule has 27 heavy (non-hydrogen) atoms. The fraction of sp³-hybridized carbons (Fsp3) is 0.455. The maximum Gasteiger partial charge on any atom is 0.165 e. The summed E-state index contributed by atoms with van der Waals surface area (Å²) in [7, 11) is 6.80. The predicted molar refractivity (Wildman–Crippen MR) is 104 cm³/mol. The summed E-state index contributed by atoms with van der Waals surface area (Å²) in [6.07, 6.45) is 1.00. The first-order chi connectivity index (χ1) is 13.1. The van der Waals surface area contributed by atoms with Crippen molar-refractivity contribution in [3.63, 3.8) is 0 Å². The predicted octanol–water partition coefficient (Wildman–Crippen LogP) is 3.94. The molecule has 2 aliphatic rings. The van der Waals surface area contributed by atoms with E-state index in [1.165, 1.54) is 22.3 Å². The Morgan fingerprint density at radius 3 is 2.22 bits per heavy atom. The Morgan fingerprint density at radius 2 is 1.56 bits per heavy atom. The second kappa shape index (κ2) is 6.97. The van der Waals surface area contributed by atoms with E-state index in [2.05, 4.69) is 30.0 Å². The van der Waals surface area contributed by atoms with Gasteiger partial charge in [-0.15, -0.1) is 0 Å². The Hall–Kier alpha value is -2.40. The molecule has 0 radical (unpaired) electrons. The highest BCUT2D eigenvalue weighted by Crippen LogP contribution is 2.50. The smallest absolute Gasteiger partial charge is 0.165 e. The van der Waals surface area contributed by atoms with Crippen LogP contribution in [0.15, 0.2) is 24.3 Å². The van der Waals surface area contributed by atoms with Crippen LogP contribution in [-0.2, 0) is 13.0 Å². The number of ether oxygens (including phenoxy) is 4. The second-order valence-electron chi connectivity index (χ2n) is 7.23. The van der Waals surface area contributed by atoms with Gasteiger partial charge in [0.25, 0.3) is 0 Å². The fourth-order valence-electron chi connectivity index (χ4n) is 4.76. The van der Waals surface area contributed by atoms with Gasteiger partial charge >= 0.3 is 0 Å². The molecule has 4 rings (SSSR count). The molecule has 2 aromatic carbocycles. The van der Waals surface area contributed by atoms with Crippen molar-refractivity contribution in [3.8, 4) is 23.0 Å². The number of nitrogens with zero attached hydrogens (tertiary/aromatic N) is 1. The van der Waals surface area contributed by atoms with Crippen molar-refractivity contribution in [1.82, 2.24) is 4.90 Å². The fourth-order valence-corrected chi connectivity index (χ4v) is 4.76. The van der Waals surface area contributed by atoms with Gasteiger partial charge in [0.15, 0.2) is 23.0 Å². The second-order valence-corrected chi connectivity index (χ2v) is 7.23. The molecule has 0 amide bonds. The first-order valence-corrected chi connectivity index (χ1v) is 9.35. The van der Waals surface area contributed by atoms with Gasteiger partial charge in [0.1, 0.15) is 0 Å². The van der Waals surface area contributed by atoms with Crippen LogP contribution >= 0.6 is 0 Å². The summed E-state index contributed by atoms with van der Waals surface area (Å²) in [5.74, 6) is 3.60. The Balaban J connectivity index is 1.82. The maximum atomic E-state index is 5.71. The highest BCUT2D eigenvalue weighted by molar-refractivity contribution is 5.56. The number of benzene rings is 2. The zero-order chi connectivity index (χ0) is 19.1. The van der Waals surface area contributed by atoms with Crippen LogP contribution in [0.5, 0.6) is 23.0 Å². The lowest BCUT2D eigenvalue weighted by molar-refractivity contribution is 0.136. The molecule has 144 valence electrons. The van der Waals surface area contributed by atoms with Gasteiger partial charge in [-0.1, -0.05) is 13.0 Å². The van der Waals surface area contributed by atoms with E-state index in [1.807, 2.05) is 6.07 Å². The first kappa shape index (κ1) is 18.0. The van der Waals surface area contributed by atoms with Crippen LogP contribution < -0.4 is 18.9 Å². The van der Waals surface area contributed by atoms with Gasteiger partial charge in [-0.25, -0.2) is 0 Å². The average Bonchev–Trinajstić information content (AvgIpc) is 2.71. The summed E-state index contributed by atoms with van der Waals surface area (Å²) in [5, 5.41) is 0. The molecule has 1 unspecified atom stereocenters. The molecular weight excluding hydrogens is 342 g/mol. The van der Waals surface area contributed by atoms with Crippen molar-refractivity contribution >= 4 is 0 Å². The SMILES string of the molecule is COc1cc2c(cc1OC)C1[C@H](C)c3ccc(OC)c(OC)c3CN1CC2. The standard InChI is InChI=1S/C22H27NO4/c1-13-15-6-7-18(24-2)22(27-5)17(15)12-23-9-8-14-10-19(25-3)20(26-4)11-16(14)21(13)23/h6-7,10-11,13,21H,8-9,12H2,1-5H3/t13-,21?/m1/s1. The van der Waals surface area contributed by atoms with Crippen LogP contribution in [0.3, 0.4) is 0 Å². The topological polar surface area (TPSA) is 40.2 Å². The third kappa shape index (κ3) is 2.72. The normalized spacial score (nSPS) is 20.9. The van der Waals surface area contributed by atoms with Crippen LogP contribution in [0.25, 0.3) is 0 Å². The summed E-state index contributed by atoms with van der Waals surface area (Å²) in [5.41, 5.74) is 5.26. The molecule has 5 heteroatoms. The van der Waals surface area contributed by atoms with Gasteiger partial charge in [0.05, 0.1) is 28.4 Å². The molecule has 0 saturated carbocycles. The number of fused-ring (bicyclic) bond motifs is 4. The largest absolute Gasteiger partial charge is 0.493 e. The molecule has 0 fully saturated rings. The van der Waals surface area contributed by atoms with Crippen LogP contribution in [-0.4, -0.2) is 39.9 Å². The van der Waals surface area contributed by atoms with Gasteiger partial charge < -0.3 is 18.9 Å². The minimum absolute atomic E-state index is 0.319. The third-order valence-electron chi connectivity index (χ3n) is 6.04. The lowest BCUT2D eigenvalue weighted by atomic mass is 9.77. The van der Waals surface area contributed by atoms with Crippen molar-refractivity contribution in [2.45, 2.75) is 31.8 Å². The van der Waals surface area contributed by atoms with Crippen molar-refractivity contribution in [3.05, 3.63) is 46.5 Å². The Labute approximate surface area is 160 Å². The van der Waals surface area contributed by atoms with Crippen LogP contribution in [0, 0.1) is 0 Å². The summed E-state index contributed by atoms with van der Waals surface area (Å²) >= 11 is 0. The molecule has 2 heterocycles. The molecule has 0 spiro atoms. The Morgan fingerprint density at radius 1 is 0.852 bits per heavy atom. The summed E-state index contributed by atoms with van der Waals surface area (Å²) < 4.78 is 22.3. The van der Waals surface area contributed by atoms with E-state index in [9.17, 15) is 0 Å². The molecule has 0 aromatic heterocycles. The van der Waals surface area contributed by atoms with Gasteiger partial charge in [-0.2, -0.15) is 0 Å². The number of rotatable bonds is 4. The van der Waals surface area contributed by atoms with Crippen molar-refractivity contribution in [2.24, 2.45) is 0 Å². The van der Waals surface area contributed by atoms with Gasteiger partial charge in [0.2, 0.25) is 0 Å². The molecule has 0 bridgehead atoms. The van der Waals surface area contributed by atoms with E-state index in [4.69, 9.17) is 18.9 Å². The van der Waals surface area contributed by atoms with Crippen LogP contribution in [0.1, 0.15) is 41.1 Å². The van der Waals surface area contributed by atoms with Crippen molar-refractivity contribution in [1.29, 1.82) is 0 Å². The van der Waals surface area contributed by atoms with Crippen molar-refractivity contribution < 1.29 is 18.9 Å². The molecule has 2 aliphatic heterocycles. The molecule has 0 aliphatic carbocycles. The van der Waals surface area contributed by atoms with Gasteiger partial charge in [-0.05, 0) is 41.3 Å². The Bertz CT molecular complexity index is 864. The lowest BCUT2D eigenvalue weighted by Crippen LogP contribution is -2.41. The molecule has 0 N–H and O–H groups in total. The number of methoxy groups -OCH3 is 4. The number of hydrogen-bond donors (Lipinski definition) is 0. The number of hydrogen-bond acceptors (Lipinski definition) is 5. The molecule has 5 nitrogen and oxygen atoms in total. The average molecular weight is 369 g/mol. The minimum Gasteiger partial charge on any atom is -0.493 e. The monoisotopic (exact) mass is 369 g/mol. The molecular formula is C22H27NO4. The minimum atomic E-state index is 0.319. The van der Waals surface area contributed by atoms with Gasteiger partial charge in [0, 0.05) is 30.6 Å². The van der Waals surface area contributed by atoms with Crippen LogP contribution in [0.4, 0.5) is 0 Å². The van der Waals surface area contributed by atoms with Gasteiger partial charge in [-0.3, -0.25) is 4.90 Å². The van der Waals surface area contributed by atoms with E-state index in [0.29, 0.717) is 12.0 Å². The first-order valence-electron chi connectivity index (χ1n) is 9.35. The third-order valence-corrected chi connectivity index (χ3v) is 6.04. The quantitative estimate of drug-likeness (QED) is 0.816. The highest BCUT2D eigenvalue weighted by atomic mass is 16.5. The van der Waals surface area contributed by atoms with E-state index in [0.717, 1.165) is 42.5 Å². The molecule has 2 aromatic rings. The van der Waals surface area contributed by atoms with E-state index in [-0.39, 0.29) is 0 Å². The Kier molecular flexibility index (Phi) is 4.64. The zero-order valence-corrected chi connectivity index (χ0v) is 16.7. The van der Waals surface area contributed by atoms with Crippen molar-refractivity contribution in [2.75, 3.05) is 35.0 Å². The van der Waals surface area contributed by atoms with E-state index >= 15 is 0 Å². The summed E-state index contributed by atoms with van der Waals surface area (Å²) in [6, 6.07) is 8.82. The lowest BCUT2D eigenvalue weighted by Gasteiger charge is -2.45. The zero-order valence-electron chi connectivity index (χ0n) is 16.7. The summed E-state index contributed by atoms with van der Waals surface area (Å²) in [4.78, 5) is 2.54. The molecule has 2 atom stereocenters. The molecule has 0 saturated heterocycles. The van der Waals surface area contributed by atoms with Crippen LogP contribution in [0.2, 0.25) is 0 Å².